The van der Waals surface area contributed by atoms with Crippen LogP contribution in [-0.4, -0.2) is 21.6 Å². The Morgan fingerprint density at radius 1 is 1.19 bits per heavy atom. The fraction of sp³-hybridized carbons (Fsp3) is 0.600. The summed E-state index contributed by atoms with van der Waals surface area (Å²) in [6.45, 7) is 8.95. The van der Waals surface area contributed by atoms with E-state index in [2.05, 4.69) is 17.3 Å². The van der Waals surface area contributed by atoms with E-state index in [0.29, 0.717) is 12.8 Å². The molecule has 0 bridgehead atoms. The first-order chi connectivity index (χ1) is 7.05. The third kappa shape index (κ3) is 8.60. The van der Waals surface area contributed by atoms with Crippen molar-refractivity contribution in [2.75, 3.05) is 13.2 Å². The molecular weight excluding hydrogens is 230 g/mol. The molecule has 0 rings (SSSR count). The molecule has 0 radical (unpaired) electrons. The van der Waals surface area contributed by atoms with E-state index in [4.69, 9.17) is 4.18 Å². The van der Waals surface area contributed by atoms with E-state index in [9.17, 15) is 8.42 Å². The van der Waals surface area contributed by atoms with E-state index in [-0.39, 0.29) is 25.3 Å². The molecule has 0 saturated heterocycles. The Morgan fingerprint density at radius 2 is 1.69 bits per heavy atom. The van der Waals surface area contributed by atoms with E-state index in [1.54, 1.807) is 19.1 Å². The van der Waals surface area contributed by atoms with Gasteiger partial charge in [-0.25, -0.2) is 8.37 Å². The lowest BCUT2D eigenvalue weighted by molar-refractivity contribution is 0.194. The maximum Gasteiger partial charge on any atom is 0.399 e. The molecule has 96 valence electrons. The van der Waals surface area contributed by atoms with Gasteiger partial charge in [-0.05, 0) is 25.7 Å². The molecule has 0 atom stereocenters. The van der Waals surface area contributed by atoms with Gasteiger partial charge < -0.3 is 6.15 Å². The van der Waals surface area contributed by atoms with Crippen molar-refractivity contribution in [3.8, 4) is 0 Å². The quantitative estimate of drug-likeness (QED) is 0.635. The first-order valence-electron chi connectivity index (χ1n) is 4.81. The Morgan fingerprint density at radius 3 is 2.06 bits per heavy atom. The predicted molar refractivity (Wildman–Crippen MR) is 64.6 cm³/mol. The summed E-state index contributed by atoms with van der Waals surface area (Å²) in [4.78, 5) is 0. The molecule has 0 aromatic carbocycles. The van der Waals surface area contributed by atoms with Gasteiger partial charge in [-0.2, -0.15) is 8.42 Å². The standard InChI is InChI=1S/C10H18O4S.H3N/c1-4-7-10(8-5-2)9-14-15(11,12)13-6-3;/h4-5,10H,1-2,6-9H2,3H3;1H3. The second-order valence-electron chi connectivity index (χ2n) is 3.01. The monoisotopic (exact) mass is 251 g/mol. The van der Waals surface area contributed by atoms with Crippen LogP contribution in [-0.2, 0) is 18.8 Å². The van der Waals surface area contributed by atoms with Crippen molar-refractivity contribution in [2.45, 2.75) is 19.8 Å². The normalized spacial score (nSPS) is 10.9. The van der Waals surface area contributed by atoms with Gasteiger partial charge in [0.25, 0.3) is 0 Å². The number of allylic oxidation sites excluding steroid dienone is 2. The molecule has 0 aromatic heterocycles. The SMILES string of the molecule is C=CCC(CC=C)COS(=O)(=O)OCC.N. The van der Waals surface area contributed by atoms with Crippen LogP contribution in [0.2, 0.25) is 0 Å². The molecule has 0 unspecified atom stereocenters. The highest BCUT2D eigenvalue weighted by Gasteiger charge is 2.14. The Kier molecular flexibility index (Phi) is 10.5. The largest absolute Gasteiger partial charge is 0.399 e. The minimum atomic E-state index is -3.83. The van der Waals surface area contributed by atoms with Crippen molar-refractivity contribution in [1.29, 1.82) is 0 Å². The van der Waals surface area contributed by atoms with Crippen molar-refractivity contribution in [3.05, 3.63) is 25.3 Å². The van der Waals surface area contributed by atoms with Gasteiger partial charge in [0, 0.05) is 0 Å². The third-order valence-corrected chi connectivity index (χ3v) is 2.66. The van der Waals surface area contributed by atoms with Crippen LogP contribution < -0.4 is 6.15 Å². The van der Waals surface area contributed by atoms with Crippen LogP contribution in [0.25, 0.3) is 0 Å². The van der Waals surface area contributed by atoms with Gasteiger partial charge in [0.1, 0.15) is 0 Å². The fourth-order valence-corrected chi connectivity index (χ4v) is 1.78. The van der Waals surface area contributed by atoms with Gasteiger partial charge in [0.15, 0.2) is 0 Å². The molecular formula is C10H21NO4S. The Bertz CT molecular complexity index is 277. The Balaban J connectivity index is 0. The molecule has 0 spiro atoms. The average molecular weight is 251 g/mol. The van der Waals surface area contributed by atoms with Crippen LogP contribution in [0.4, 0.5) is 0 Å². The first kappa shape index (κ1) is 17.7. The molecule has 0 aliphatic carbocycles. The molecule has 0 heterocycles. The maximum atomic E-state index is 11.0. The van der Waals surface area contributed by atoms with Gasteiger partial charge >= 0.3 is 10.4 Å². The molecule has 0 aromatic rings. The summed E-state index contributed by atoms with van der Waals surface area (Å²) >= 11 is 0. The molecule has 0 fully saturated rings. The van der Waals surface area contributed by atoms with Crippen molar-refractivity contribution in [3.63, 3.8) is 0 Å². The van der Waals surface area contributed by atoms with Crippen LogP contribution in [0.5, 0.6) is 0 Å². The molecule has 5 nitrogen and oxygen atoms in total. The molecule has 6 heteroatoms. The van der Waals surface area contributed by atoms with E-state index in [0.717, 1.165) is 0 Å². The summed E-state index contributed by atoms with van der Waals surface area (Å²) in [6.07, 6.45) is 4.83. The smallest absolute Gasteiger partial charge is 0.344 e. The Hall–Kier alpha value is -0.690. The molecule has 0 saturated carbocycles. The lowest BCUT2D eigenvalue weighted by Gasteiger charge is -2.12. The van der Waals surface area contributed by atoms with Crippen molar-refractivity contribution >= 4 is 10.4 Å². The average Bonchev–Trinajstić information content (AvgIpc) is 2.15. The zero-order chi connectivity index (χ0) is 11.7. The van der Waals surface area contributed by atoms with E-state index >= 15 is 0 Å². The van der Waals surface area contributed by atoms with Gasteiger partial charge in [0.05, 0.1) is 13.2 Å². The number of hydrogen-bond acceptors (Lipinski definition) is 5. The fourth-order valence-electron chi connectivity index (χ4n) is 1.06. The van der Waals surface area contributed by atoms with E-state index < -0.39 is 10.4 Å². The van der Waals surface area contributed by atoms with Gasteiger partial charge in [-0.15, -0.1) is 13.2 Å². The molecule has 0 amide bonds. The summed E-state index contributed by atoms with van der Waals surface area (Å²) < 4.78 is 31.2. The van der Waals surface area contributed by atoms with E-state index in [1.165, 1.54) is 0 Å². The van der Waals surface area contributed by atoms with Crippen molar-refractivity contribution < 1.29 is 16.8 Å². The van der Waals surface area contributed by atoms with Crippen molar-refractivity contribution in [2.24, 2.45) is 5.92 Å². The number of rotatable bonds is 9. The molecule has 3 N–H and O–H groups in total. The zero-order valence-corrected chi connectivity index (χ0v) is 10.5. The molecule has 16 heavy (non-hydrogen) atoms. The second-order valence-corrected chi connectivity index (χ2v) is 4.30. The van der Waals surface area contributed by atoms with Crippen LogP contribution in [0.1, 0.15) is 19.8 Å². The minimum Gasteiger partial charge on any atom is -0.344 e. The summed E-state index contributed by atoms with van der Waals surface area (Å²) in [5, 5.41) is 0. The van der Waals surface area contributed by atoms with Gasteiger partial charge in [-0.1, -0.05) is 12.2 Å². The highest BCUT2D eigenvalue weighted by Crippen LogP contribution is 2.12. The minimum absolute atomic E-state index is 0. The predicted octanol–water partition coefficient (Wildman–Crippen LogP) is 2.21. The van der Waals surface area contributed by atoms with Crippen LogP contribution in [0.3, 0.4) is 0 Å². The van der Waals surface area contributed by atoms with E-state index in [1.807, 2.05) is 0 Å². The second kappa shape index (κ2) is 9.53. The van der Waals surface area contributed by atoms with Crippen molar-refractivity contribution in [1.82, 2.24) is 6.15 Å². The first-order valence-corrected chi connectivity index (χ1v) is 6.14. The zero-order valence-electron chi connectivity index (χ0n) is 9.72. The molecule has 0 aliphatic heterocycles. The lowest BCUT2D eigenvalue weighted by atomic mass is 10.0. The lowest BCUT2D eigenvalue weighted by Crippen LogP contribution is -2.16. The van der Waals surface area contributed by atoms with Crippen LogP contribution >= 0.6 is 0 Å². The topological polar surface area (TPSA) is 87.6 Å². The maximum absolute atomic E-state index is 11.0. The van der Waals surface area contributed by atoms with Crippen LogP contribution in [0, 0.1) is 5.92 Å². The highest BCUT2D eigenvalue weighted by atomic mass is 32.3. The molecule has 0 aliphatic rings. The summed E-state index contributed by atoms with van der Waals surface area (Å²) in [5.41, 5.74) is 0. The summed E-state index contributed by atoms with van der Waals surface area (Å²) in [5.74, 6) is 0.0789. The third-order valence-electron chi connectivity index (χ3n) is 1.71. The van der Waals surface area contributed by atoms with Gasteiger partial charge in [-0.3, -0.25) is 0 Å². The summed E-state index contributed by atoms with van der Waals surface area (Å²) in [7, 11) is -3.83. The summed E-state index contributed by atoms with van der Waals surface area (Å²) in [6, 6.07) is 0. The van der Waals surface area contributed by atoms with Gasteiger partial charge in [0.2, 0.25) is 0 Å². The highest BCUT2D eigenvalue weighted by molar-refractivity contribution is 7.81. The Labute approximate surface area is 98.1 Å². The van der Waals surface area contributed by atoms with Crippen LogP contribution in [0.15, 0.2) is 25.3 Å². The number of hydrogen-bond donors (Lipinski definition) is 1.